The smallest absolute Gasteiger partial charge is 0.138 e. The Hall–Kier alpha value is -1.27. The van der Waals surface area contributed by atoms with Gasteiger partial charge in [-0.15, -0.1) is 5.10 Å². The number of carbonyl (C=O) groups is 1. The second kappa shape index (κ2) is 8.21. The number of hydrogen-bond donors (Lipinski definition) is 0. The third-order valence-corrected chi connectivity index (χ3v) is 4.74. The van der Waals surface area contributed by atoms with Crippen LogP contribution in [0, 0.1) is 5.41 Å². The van der Waals surface area contributed by atoms with E-state index >= 15 is 0 Å². The first-order chi connectivity index (χ1) is 11.3. The minimum Gasteiger partial charge on any atom is -0.299 e. The number of piperazine rings is 1. The normalized spacial score (nSPS) is 17.6. The molecule has 1 fully saturated rings. The van der Waals surface area contributed by atoms with Gasteiger partial charge in [-0.3, -0.25) is 19.3 Å². The van der Waals surface area contributed by atoms with Crippen LogP contribution in [0.1, 0.15) is 53.2 Å². The highest BCUT2D eigenvalue weighted by Gasteiger charge is 2.21. The number of nitrogens with zero attached hydrogens (tertiary/aromatic N) is 5. The van der Waals surface area contributed by atoms with E-state index in [9.17, 15) is 4.79 Å². The van der Waals surface area contributed by atoms with Gasteiger partial charge in [-0.05, 0) is 20.3 Å². The average Bonchev–Trinajstić information content (AvgIpc) is 2.94. The van der Waals surface area contributed by atoms with Gasteiger partial charge in [0.05, 0.1) is 5.69 Å². The predicted octanol–water partition coefficient (Wildman–Crippen LogP) is 2.20. The van der Waals surface area contributed by atoms with Crippen LogP contribution in [-0.2, 0) is 17.9 Å². The fraction of sp³-hybridized carbons (Fsp3) is 0.833. The Morgan fingerprint density at radius 1 is 1.21 bits per heavy atom. The second-order valence-corrected chi connectivity index (χ2v) is 8.16. The van der Waals surface area contributed by atoms with Gasteiger partial charge in [0.1, 0.15) is 5.78 Å². The van der Waals surface area contributed by atoms with E-state index in [-0.39, 0.29) is 5.41 Å². The Labute approximate surface area is 146 Å². The first kappa shape index (κ1) is 19.1. The van der Waals surface area contributed by atoms with Crippen molar-refractivity contribution in [2.24, 2.45) is 5.41 Å². The summed E-state index contributed by atoms with van der Waals surface area (Å²) in [6, 6.07) is 0.629. The average molecular weight is 335 g/mol. The molecule has 1 aliphatic heterocycles. The lowest BCUT2D eigenvalue weighted by Gasteiger charge is -2.36. The summed E-state index contributed by atoms with van der Waals surface area (Å²) in [7, 11) is 0. The lowest BCUT2D eigenvalue weighted by atomic mass is 9.88. The molecule has 0 N–H and O–H groups in total. The largest absolute Gasteiger partial charge is 0.299 e. The van der Waals surface area contributed by atoms with Crippen LogP contribution in [0.4, 0.5) is 0 Å². The summed E-state index contributed by atoms with van der Waals surface area (Å²) < 4.78 is 1.87. The van der Waals surface area contributed by atoms with Crippen LogP contribution < -0.4 is 0 Å². The molecule has 24 heavy (non-hydrogen) atoms. The van der Waals surface area contributed by atoms with Crippen LogP contribution in [0.5, 0.6) is 0 Å². The maximum atomic E-state index is 11.9. The summed E-state index contributed by atoms with van der Waals surface area (Å²) in [6.07, 6.45) is 3.46. The maximum absolute atomic E-state index is 11.9. The highest BCUT2D eigenvalue weighted by atomic mass is 16.1. The van der Waals surface area contributed by atoms with E-state index in [1.165, 1.54) is 0 Å². The molecule has 2 heterocycles. The molecule has 0 radical (unpaired) electrons. The van der Waals surface area contributed by atoms with Crippen LogP contribution in [-0.4, -0.2) is 62.8 Å². The molecule has 1 aliphatic rings. The zero-order valence-corrected chi connectivity index (χ0v) is 16.0. The zero-order valence-electron chi connectivity index (χ0n) is 16.0. The summed E-state index contributed by atoms with van der Waals surface area (Å²) >= 11 is 0. The van der Waals surface area contributed by atoms with Crippen molar-refractivity contribution in [3.05, 3.63) is 11.9 Å². The minimum atomic E-state index is -0.244. The fourth-order valence-corrected chi connectivity index (χ4v) is 2.96. The highest BCUT2D eigenvalue weighted by molar-refractivity contribution is 5.83. The van der Waals surface area contributed by atoms with E-state index in [1.807, 2.05) is 31.6 Å². The summed E-state index contributed by atoms with van der Waals surface area (Å²) in [5, 5.41) is 8.49. The molecule has 0 bridgehead atoms. The molecule has 1 saturated heterocycles. The molecule has 1 aromatic heterocycles. The molecule has 6 heteroatoms. The molecule has 6 nitrogen and oxygen atoms in total. The molecule has 0 unspecified atom stereocenters. The summed E-state index contributed by atoms with van der Waals surface area (Å²) in [4.78, 5) is 16.9. The Kier molecular flexibility index (Phi) is 6.52. The molecular formula is C18H33N5O. The van der Waals surface area contributed by atoms with Crippen LogP contribution in [0.2, 0.25) is 0 Å². The van der Waals surface area contributed by atoms with Crippen molar-refractivity contribution >= 4 is 5.78 Å². The molecule has 0 saturated carbocycles. The van der Waals surface area contributed by atoms with Gasteiger partial charge in [0.25, 0.3) is 0 Å². The van der Waals surface area contributed by atoms with Crippen molar-refractivity contribution in [2.45, 2.75) is 66.6 Å². The van der Waals surface area contributed by atoms with Gasteiger partial charge in [0, 0.05) is 63.3 Å². The Morgan fingerprint density at radius 2 is 1.88 bits per heavy atom. The lowest BCUT2D eigenvalue weighted by molar-refractivity contribution is -0.126. The van der Waals surface area contributed by atoms with Gasteiger partial charge in [-0.25, -0.2) is 0 Å². The van der Waals surface area contributed by atoms with Crippen molar-refractivity contribution in [3.8, 4) is 0 Å². The van der Waals surface area contributed by atoms with Gasteiger partial charge in [-0.1, -0.05) is 26.0 Å². The van der Waals surface area contributed by atoms with Gasteiger partial charge in [0.15, 0.2) is 0 Å². The molecular weight excluding hydrogens is 302 g/mol. The monoisotopic (exact) mass is 335 g/mol. The van der Waals surface area contributed by atoms with Crippen molar-refractivity contribution in [1.29, 1.82) is 0 Å². The van der Waals surface area contributed by atoms with Gasteiger partial charge < -0.3 is 0 Å². The molecule has 1 aromatic rings. The van der Waals surface area contributed by atoms with Crippen LogP contribution >= 0.6 is 0 Å². The van der Waals surface area contributed by atoms with Crippen molar-refractivity contribution in [2.75, 3.05) is 26.2 Å². The van der Waals surface area contributed by atoms with Crippen LogP contribution in [0.3, 0.4) is 0 Å². The van der Waals surface area contributed by atoms with E-state index in [2.05, 4.69) is 34.0 Å². The zero-order chi connectivity index (χ0) is 17.7. The van der Waals surface area contributed by atoms with E-state index < -0.39 is 0 Å². The van der Waals surface area contributed by atoms with Gasteiger partial charge in [0.2, 0.25) is 0 Å². The first-order valence-electron chi connectivity index (χ1n) is 9.14. The number of aryl methyl sites for hydroxylation is 1. The predicted molar refractivity (Wildman–Crippen MR) is 95.7 cm³/mol. The number of aromatic nitrogens is 3. The van der Waals surface area contributed by atoms with Crippen LogP contribution in [0.25, 0.3) is 0 Å². The van der Waals surface area contributed by atoms with Crippen molar-refractivity contribution < 1.29 is 4.79 Å². The van der Waals surface area contributed by atoms with Gasteiger partial charge in [-0.2, -0.15) is 0 Å². The third kappa shape index (κ3) is 5.67. The van der Waals surface area contributed by atoms with E-state index in [0.29, 0.717) is 18.2 Å². The fourth-order valence-electron chi connectivity index (χ4n) is 2.96. The van der Waals surface area contributed by atoms with Gasteiger partial charge >= 0.3 is 0 Å². The Bertz CT molecular complexity index is 524. The first-order valence-corrected chi connectivity index (χ1v) is 9.14. The quantitative estimate of drug-likeness (QED) is 0.764. The summed E-state index contributed by atoms with van der Waals surface area (Å²) in [5.41, 5.74) is 0.779. The summed E-state index contributed by atoms with van der Waals surface area (Å²) in [6.45, 7) is 16.5. The number of Topliss-reactive ketones (excluding diaryl/α,β-unsaturated/α-hetero) is 1. The highest BCUT2D eigenvalue weighted by Crippen LogP contribution is 2.17. The number of carbonyl (C=O) groups excluding carboxylic acids is 1. The number of rotatable bonds is 7. The Morgan fingerprint density at radius 3 is 2.46 bits per heavy atom. The van der Waals surface area contributed by atoms with E-state index in [1.54, 1.807) is 0 Å². The summed E-state index contributed by atoms with van der Waals surface area (Å²) in [5.74, 6) is 0.311. The Balaban J connectivity index is 1.73. The number of ketones is 1. The molecule has 136 valence electrons. The maximum Gasteiger partial charge on any atom is 0.138 e. The SMILES string of the molecule is CC(C)N1CCN(Cc2cn(CCCC(=O)C(C)(C)C)nn2)CC1. The lowest BCUT2D eigenvalue weighted by Crippen LogP contribution is -2.48. The molecule has 0 amide bonds. The van der Waals surface area contributed by atoms with E-state index in [4.69, 9.17) is 0 Å². The second-order valence-electron chi connectivity index (χ2n) is 8.16. The topological polar surface area (TPSA) is 54.3 Å². The minimum absolute atomic E-state index is 0.244. The number of hydrogen-bond acceptors (Lipinski definition) is 5. The molecule has 0 atom stereocenters. The standard InChI is InChI=1S/C18H33N5O/c1-15(2)22-11-9-21(10-12-22)13-16-14-23(20-19-16)8-6-7-17(24)18(3,4)5/h14-15H,6-13H2,1-5H3. The molecule has 2 rings (SSSR count). The molecule has 0 spiro atoms. The van der Waals surface area contributed by atoms with E-state index in [0.717, 1.165) is 51.4 Å². The molecule has 0 aliphatic carbocycles. The molecule has 0 aromatic carbocycles. The van der Waals surface area contributed by atoms with Crippen molar-refractivity contribution in [1.82, 2.24) is 24.8 Å². The van der Waals surface area contributed by atoms with Crippen molar-refractivity contribution in [3.63, 3.8) is 0 Å². The van der Waals surface area contributed by atoms with Crippen LogP contribution in [0.15, 0.2) is 6.20 Å². The third-order valence-electron chi connectivity index (χ3n) is 4.74.